The summed E-state index contributed by atoms with van der Waals surface area (Å²) < 4.78 is 8.66. The van der Waals surface area contributed by atoms with E-state index >= 15 is 0 Å². The summed E-state index contributed by atoms with van der Waals surface area (Å²) in [7, 11) is -5.14. The van der Waals surface area contributed by atoms with Gasteiger partial charge in [-0.2, -0.15) is 0 Å². The fraction of sp³-hybridized carbons (Fsp3) is 0. The van der Waals surface area contributed by atoms with Crippen LogP contribution in [0.1, 0.15) is 0 Å². The largest absolute Gasteiger partial charge is 2.00 e. The van der Waals surface area contributed by atoms with E-state index in [2.05, 4.69) is 0 Å². The summed E-state index contributed by atoms with van der Waals surface area (Å²) in [4.78, 5) is 24.3. The van der Waals surface area contributed by atoms with Gasteiger partial charge in [0, 0.05) is 0 Å². The molecule has 0 rings (SSSR count). The Labute approximate surface area is 84.1 Å². The molecule has 0 unspecified atom stereocenters. The average molecular weight is 299 g/mol. The molecule has 0 spiro atoms. The molecule has 4 nitrogen and oxygen atoms in total. The molecule has 0 bridgehead atoms. The van der Waals surface area contributed by atoms with E-state index in [1.54, 1.807) is 0 Å². The molecule has 8 heteroatoms. The van der Waals surface area contributed by atoms with Crippen LogP contribution in [0.5, 0.6) is 0 Å². The maximum atomic E-state index is 8.66. The molecule has 0 aliphatic rings. The van der Waals surface area contributed by atoms with Crippen LogP contribution >= 0.6 is 7.82 Å². The Hall–Kier alpha value is 1.89. The second kappa shape index (κ2) is 8.89. The quantitative estimate of drug-likeness (QED) is 0.406. The first-order valence-electron chi connectivity index (χ1n) is 0.748. The van der Waals surface area contributed by atoms with E-state index < -0.39 is 7.82 Å². The molecule has 47 valence electrons. The van der Waals surface area contributed by atoms with Crippen LogP contribution in [0.4, 0.5) is 0 Å². The summed E-state index contributed by atoms with van der Waals surface area (Å²) in [5.74, 6) is 0. The van der Waals surface area contributed by atoms with E-state index in [1.165, 1.54) is 0 Å². The van der Waals surface area contributed by atoms with Crippen molar-refractivity contribution in [2.45, 2.75) is 0 Å². The van der Waals surface area contributed by atoms with Crippen LogP contribution in [0.15, 0.2) is 0 Å². The van der Waals surface area contributed by atoms with Crippen LogP contribution in [0.3, 0.4) is 0 Å². The maximum absolute atomic E-state index is 8.66. The Balaban J connectivity index is -0.0000000267. The molecule has 0 aromatic rings. The van der Waals surface area contributed by atoms with Gasteiger partial charge in [0.25, 0.3) is 0 Å². The molecular weight excluding hydrogens is 298 g/mol. The smallest absolute Gasteiger partial charge is 2.00 e. The van der Waals surface area contributed by atoms with E-state index in [9.17, 15) is 0 Å². The molecule has 0 aromatic carbocycles. The van der Waals surface area contributed by atoms with E-state index in [-0.39, 0.29) is 57.6 Å². The van der Waals surface area contributed by atoms with Gasteiger partial charge in [-0.25, -0.2) is 0 Å². The van der Waals surface area contributed by atoms with Crippen LogP contribution in [-0.2, 0) is 62.1 Å². The van der Waals surface area contributed by atoms with E-state index in [0.29, 0.717) is 0 Å². The van der Waals surface area contributed by atoms with Crippen molar-refractivity contribution in [3.8, 4) is 0 Å². The van der Waals surface area contributed by atoms with Crippen molar-refractivity contribution in [3.63, 3.8) is 0 Å². The van der Waals surface area contributed by atoms with Gasteiger partial charge in [-0.3, -0.25) is 0 Å². The number of phosphoric acid groups is 1. The van der Waals surface area contributed by atoms with Gasteiger partial charge in [0.15, 0.2) is 0 Å². The SMILES string of the molecule is O=P([O-])([O-])O.[Cd+2].[Co+2].[S-2]. The fourth-order valence-electron chi connectivity index (χ4n) is 0. The number of rotatable bonds is 0. The summed E-state index contributed by atoms with van der Waals surface area (Å²) in [6.07, 6.45) is 0. The van der Waals surface area contributed by atoms with Crippen molar-refractivity contribution in [3.05, 3.63) is 0 Å². The van der Waals surface area contributed by atoms with Crippen molar-refractivity contribution >= 4 is 21.3 Å². The van der Waals surface area contributed by atoms with Crippen LogP contribution in [-0.4, -0.2) is 4.89 Å². The van der Waals surface area contributed by atoms with Gasteiger partial charge in [-0.1, -0.05) is 0 Å². The molecule has 0 aromatic heterocycles. The zero-order valence-corrected chi connectivity index (χ0v) is 10.4. The molecular formula is HCdCoO4PS. The number of hydrogen-bond donors (Lipinski definition) is 1. The Kier molecular flexibility index (Phi) is 25.0. The Morgan fingerprint density at radius 3 is 1.38 bits per heavy atom. The van der Waals surface area contributed by atoms with Crippen molar-refractivity contribution in [1.29, 1.82) is 0 Å². The van der Waals surface area contributed by atoms with Crippen molar-refractivity contribution in [2.24, 2.45) is 0 Å². The van der Waals surface area contributed by atoms with Gasteiger partial charge in [-0.05, 0) is 0 Å². The first-order valence-corrected chi connectivity index (χ1v) is 2.24. The van der Waals surface area contributed by atoms with Gasteiger partial charge in [0.05, 0.1) is 7.82 Å². The monoisotopic (exact) mass is 301 g/mol. The zero-order chi connectivity index (χ0) is 4.50. The van der Waals surface area contributed by atoms with Crippen LogP contribution in [0, 0.1) is 0 Å². The molecule has 0 saturated heterocycles. The normalized spacial score (nSPS) is 7.38. The van der Waals surface area contributed by atoms with Crippen molar-refractivity contribution < 1.29 is 63.3 Å². The van der Waals surface area contributed by atoms with Crippen LogP contribution < -0.4 is 9.79 Å². The molecule has 0 aliphatic heterocycles. The fourth-order valence-corrected chi connectivity index (χ4v) is 0. The van der Waals surface area contributed by atoms with Crippen LogP contribution in [0.25, 0.3) is 0 Å². The third-order valence-electron chi connectivity index (χ3n) is 0. The zero-order valence-electron chi connectivity index (χ0n) is 3.57. The maximum Gasteiger partial charge on any atom is 2.00 e. The van der Waals surface area contributed by atoms with Gasteiger partial charge in [0.1, 0.15) is 0 Å². The molecule has 1 radical (unpaired) electrons. The molecule has 0 fully saturated rings. The summed E-state index contributed by atoms with van der Waals surface area (Å²) in [6, 6.07) is 0. The molecule has 8 heavy (non-hydrogen) atoms. The summed E-state index contributed by atoms with van der Waals surface area (Å²) in [5.41, 5.74) is 0. The summed E-state index contributed by atoms with van der Waals surface area (Å²) >= 11 is 0. The predicted octanol–water partition coefficient (Wildman–Crippen LogP) is -2.20. The Morgan fingerprint density at radius 2 is 1.38 bits per heavy atom. The molecule has 0 amide bonds. The third kappa shape index (κ3) is 105. The van der Waals surface area contributed by atoms with Gasteiger partial charge >= 0.3 is 44.1 Å². The molecule has 0 aliphatic carbocycles. The van der Waals surface area contributed by atoms with E-state index in [1.807, 2.05) is 0 Å². The summed E-state index contributed by atoms with van der Waals surface area (Å²) in [5, 5.41) is 0. The molecule has 0 heterocycles. The molecule has 0 atom stereocenters. The first-order chi connectivity index (χ1) is 2.00. The standard InChI is InChI=1S/Cd.Co.H3O4P.S/c;;1-5(2,3)4;/h;;(H3,1,2,3,4);/q2*+2;;-2/p-2. The van der Waals surface area contributed by atoms with E-state index in [0.717, 1.165) is 0 Å². The Morgan fingerprint density at radius 1 is 1.38 bits per heavy atom. The Bertz CT molecular complexity index is 62.2. The average Bonchev–Trinajstić information content (AvgIpc) is 0.722. The van der Waals surface area contributed by atoms with Gasteiger partial charge in [-0.15, -0.1) is 0 Å². The van der Waals surface area contributed by atoms with Crippen molar-refractivity contribution in [2.75, 3.05) is 0 Å². The van der Waals surface area contributed by atoms with Crippen molar-refractivity contribution in [1.82, 2.24) is 0 Å². The minimum Gasteiger partial charge on any atom is -2.00 e. The molecule has 1 N–H and O–H groups in total. The first kappa shape index (κ1) is 22.5. The predicted molar refractivity (Wildman–Crippen MR) is 17.2 cm³/mol. The molecule has 0 saturated carbocycles. The van der Waals surface area contributed by atoms with Gasteiger partial charge < -0.3 is 32.7 Å². The van der Waals surface area contributed by atoms with E-state index in [4.69, 9.17) is 19.2 Å². The topological polar surface area (TPSA) is 83.4 Å². The second-order valence-electron chi connectivity index (χ2n) is 0.469. The van der Waals surface area contributed by atoms with Crippen LogP contribution in [0.2, 0.25) is 0 Å². The summed E-state index contributed by atoms with van der Waals surface area (Å²) in [6.45, 7) is 0. The number of hydrogen-bond acceptors (Lipinski definition) is 3. The van der Waals surface area contributed by atoms with Gasteiger partial charge in [0.2, 0.25) is 0 Å². The second-order valence-corrected chi connectivity index (χ2v) is 1.41. The third-order valence-corrected chi connectivity index (χ3v) is 0. The minimum atomic E-state index is -5.14. The minimum absolute atomic E-state index is 0.